The summed E-state index contributed by atoms with van der Waals surface area (Å²) in [5.74, 6) is 0.454. The number of hydrogen-bond donors (Lipinski definition) is 0. The first-order valence-electron chi connectivity index (χ1n) is 2.66. The van der Waals surface area contributed by atoms with Crippen molar-refractivity contribution in [2.24, 2.45) is 0 Å². The van der Waals surface area contributed by atoms with Crippen molar-refractivity contribution in [1.29, 1.82) is 0 Å². The van der Waals surface area contributed by atoms with Crippen molar-refractivity contribution in [3.05, 3.63) is 0 Å². The van der Waals surface area contributed by atoms with E-state index in [9.17, 15) is 4.79 Å². The van der Waals surface area contributed by atoms with E-state index in [4.69, 9.17) is 0 Å². The van der Waals surface area contributed by atoms with Gasteiger partial charge in [-0.25, -0.2) is 0 Å². The zero-order chi connectivity index (χ0) is 7.11. The summed E-state index contributed by atoms with van der Waals surface area (Å²) in [6, 6.07) is 0. The number of carbonyl (C=O) groups excluding carboxylic acids is 1. The molecule has 0 bridgehead atoms. The van der Waals surface area contributed by atoms with Crippen molar-refractivity contribution in [1.82, 2.24) is 0 Å². The van der Waals surface area contributed by atoms with E-state index in [1.165, 1.54) is 8.26 Å². The zero-order valence-electron chi connectivity index (χ0n) is 4.83. The third-order valence-electron chi connectivity index (χ3n) is 1.16. The standard InChI is InChI=1S/C5H8O.Co.2HI/c6-5-3-1-2-4-5;;;/h1-4H2;;2*1H/q;+2;;/p-2. The second kappa shape index (κ2) is 7.74. The van der Waals surface area contributed by atoms with Crippen LogP contribution in [0.15, 0.2) is 0 Å². The molecule has 1 aliphatic rings. The molecule has 9 heavy (non-hydrogen) atoms. The first-order valence-corrected chi connectivity index (χ1v) is 9.38. The molecule has 0 atom stereocenters. The van der Waals surface area contributed by atoms with E-state index < -0.39 is 0 Å². The van der Waals surface area contributed by atoms with E-state index >= 15 is 0 Å². The second-order valence-corrected chi connectivity index (χ2v) is 10.6. The Bertz CT molecular complexity index is 79.0. The van der Waals surface area contributed by atoms with Gasteiger partial charge in [-0.15, -0.1) is 0 Å². The van der Waals surface area contributed by atoms with Crippen LogP contribution in [0.2, 0.25) is 0 Å². The van der Waals surface area contributed by atoms with Gasteiger partial charge in [-0.1, -0.05) is 0 Å². The molecule has 0 aromatic carbocycles. The van der Waals surface area contributed by atoms with Crippen LogP contribution in [0.5, 0.6) is 0 Å². The van der Waals surface area contributed by atoms with Crippen LogP contribution < -0.4 is 0 Å². The maximum atomic E-state index is 10.2. The van der Waals surface area contributed by atoms with E-state index in [2.05, 4.69) is 40.8 Å². The SMILES string of the molecule is O=C1CCCC1.[I][Co][I]. The third kappa shape index (κ3) is 7.53. The Labute approximate surface area is 84.3 Å². The van der Waals surface area contributed by atoms with Gasteiger partial charge in [-0.3, -0.25) is 4.79 Å². The molecule has 0 unspecified atom stereocenters. The summed E-state index contributed by atoms with van der Waals surface area (Å²) < 4.78 is 0. The van der Waals surface area contributed by atoms with Gasteiger partial charge in [-0.05, 0) is 12.8 Å². The first kappa shape index (κ1) is 10.6. The Morgan fingerprint density at radius 3 is 1.67 bits per heavy atom. The van der Waals surface area contributed by atoms with Gasteiger partial charge in [0.2, 0.25) is 0 Å². The van der Waals surface area contributed by atoms with Crippen molar-refractivity contribution in [3.8, 4) is 0 Å². The predicted octanol–water partition coefficient (Wildman–Crippen LogP) is 2.90. The van der Waals surface area contributed by atoms with Gasteiger partial charge in [0.05, 0.1) is 0 Å². The summed E-state index contributed by atoms with van der Waals surface area (Å²) in [6.45, 7) is 0. The van der Waals surface area contributed by atoms with E-state index in [1.807, 2.05) is 0 Å². The van der Waals surface area contributed by atoms with E-state index in [-0.39, 0.29) is 0 Å². The molecule has 0 aliphatic heterocycles. The van der Waals surface area contributed by atoms with Crippen LogP contribution in [-0.4, -0.2) is 5.78 Å². The fraction of sp³-hybridized carbons (Fsp3) is 0.800. The third-order valence-corrected chi connectivity index (χ3v) is 1.16. The van der Waals surface area contributed by atoms with Crippen molar-refractivity contribution < 1.29 is 13.1 Å². The summed E-state index contributed by atoms with van der Waals surface area (Å²) >= 11 is 4.49. The molecule has 0 radical (unpaired) electrons. The molecule has 0 saturated heterocycles. The Morgan fingerprint density at radius 1 is 1.22 bits per heavy atom. The average molecular weight is 397 g/mol. The van der Waals surface area contributed by atoms with Crippen LogP contribution >= 0.6 is 40.8 Å². The molecule has 57 valence electrons. The number of hydrogen-bond acceptors (Lipinski definition) is 1. The van der Waals surface area contributed by atoms with Gasteiger partial charge in [0.1, 0.15) is 5.78 Å². The number of ketones is 1. The summed E-state index contributed by atoms with van der Waals surface area (Å²) in [7, 11) is 1.38. The molecular formula is C5H8CoI2O. The molecule has 0 heterocycles. The maximum absolute atomic E-state index is 10.2. The Morgan fingerprint density at radius 2 is 1.56 bits per heavy atom. The van der Waals surface area contributed by atoms with Crippen molar-refractivity contribution in [2.75, 3.05) is 0 Å². The number of Topliss-reactive ketones (excluding diaryl/α,β-unsaturated/α-hetero) is 1. The van der Waals surface area contributed by atoms with Crippen LogP contribution in [0.4, 0.5) is 0 Å². The number of halogens is 2. The summed E-state index contributed by atoms with van der Waals surface area (Å²) in [4.78, 5) is 10.2. The molecular weight excluding hydrogens is 389 g/mol. The van der Waals surface area contributed by atoms with Gasteiger partial charge in [0, 0.05) is 12.8 Å². The van der Waals surface area contributed by atoms with Gasteiger partial charge < -0.3 is 0 Å². The minimum atomic E-state index is 0.454. The molecule has 1 fully saturated rings. The van der Waals surface area contributed by atoms with Gasteiger partial charge in [0.25, 0.3) is 0 Å². The zero-order valence-corrected chi connectivity index (χ0v) is 10.2. The summed E-state index contributed by atoms with van der Waals surface area (Å²) in [5.41, 5.74) is 0. The minimum absolute atomic E-state index is 0.454. The molecule has 0 aromatic rings. The molecule has 0 N–H and O–H groups in total. The van der Waals surface area contributed by atoms with Gasteiger partial charge >= 0.3 is 49.1 Å². The molecule has 0 aromatic heterocycles. The fourth-order valence-corrected chi connectivity index (χ4v) is 0.769. The summed E-state index contributed by atoms with van der Waals surface area (Å²) in [5, 5.41) is 0. The molecule has 1 nitrogen and oxygen atoms in total. The molecule has 1 aliphatic carbocycles. The molecule has 0 amide bonds. The number of carbonyl (C=O) groups is 1. The van der Waals surface area contributed by atoms with E-state index in [0.717, 1.165) is 25.7 Å². The van der Waals surface area contributed by atoms with E-state index in [1.54, 1.807) is 0 Å². The second-order valence-electron chi connectivity index (χ2n) is 1.79. The Balaban J connectivity index is 0.000000187. The number of rotatable bonds is 0. The van der Waals surface area contributed by atoms with Crippen LogP contribution in [0.1, 0.15) is 25.7 Å². The first-order chi connectivity index (χ1) is 4.31. The molecule has 4 heteroatoms. The van der Waals surface area contributed by atoms with Crippen LogP contribution in [0.25, 0.3) is 0 Å². The quantitative estimate of drug-likeness (QED) is 0.575. The van der Waals surface area contributed by atoms with Crippen molar-refractivity contribution >= 4 is 46.6 Å². The van der Waals surface area contributed by atoms with Gasteiger partial charge in [-0.2, -0.15) is 0 Å². The monoisotopic (exact) mass is 397 g/mol. The average Bonchev–Trinajstić information content (AvgIpc) is 2.20. The predicted molar refractivity (Wildman–Crippen MR) is 51.5 cm³/mol. The van der Waals surface area contributed by atoms with Crippen LogP contribution in [0.3, 0.4) is 0 Å². The molecule has 0 spiro atoms. The van der Waals surface area contributed by atoms with Crippen LogP contribution in [-0.2, 0) is 13.1 Å². The van der Waals surface area contributed by atoms with Crippen molar-refractivity contribution in [2.45, 2.75) is 25.7 Å². The summed E-state index contributed by atoms with van der Waals surface area (Å²) in [6.07, 6.45) is 3.97. The topological polar surface area (TPSA) is 17.1 Å². The van der Waals surface area contributed by atoms with Gasteiger partial charge in [0.15, 0.2) is 0 Å². The molecule has 1 saturated carbocycles. The van der Waals surface area contributed by atoms with E-state index in [0.29, 0.717) is 5.78 Å². The fourth-order valence-electron chi connectivity index (χ4n) is 0.769. The van der Waals surface area contributed by atoms with Crippen LogP contribution in [0, 0.1) is 0 Å². The Hall–Kier alpha value is 1.64. The molecule has 1 rings (SSSR count). The normalized spacial score (nSPS) is 17.3. The Kier molecular flexibility index (Phi) is 9.15. The van der Waals surface area contributed by atoms with Crippen molar-refractivity contribution in [3.63, 3.8) is 0 Å².